The Morgan fingerprint density at radius 3 is 2.40 bits per heavy atom. The maximum atomic E-state index is 12.0. The van der Waals surface area contributed by atoms with Crippen LogP contribution in [-0.2, 0) is 14.6 Å². The molecule has 0 aliphatic heterocycles. The fourth-order valence-corrected chi connectivity index (χ4v) is 2.33. The van der Waals surface area contributed by atoms with Crippen LogP contribution >= 0.6 is 0 Å². The number of rotatable bonds is 8. The largest absolute Gasteiger partial charge is 0.385 e. The van der Waals surface area contributed by atoms with Gasteiger partial charge in [-0.1, -0.05) is 0 Å². The Bertz CT molecular complexity index is 386. The van der Waals surface area contributed by atoms with Gasteiger partial charge < -0.3 is 15.4 Å². The SMILES string of the molecule is CCNC(=NCCCOC)NCCS(=O)(=O)C(C)(C)C. The van der Waals surface area contributed by atoms with Crippen molar-refractivity contribution in [3.63, 3.8) is 0 Å². The Morgan fingerprint density at radius 2 is 1.90 bits per heavy atom. The van der Waals surface area contributed by atoms with Gasteiger partial charge in [-0.15, -0.1) is 0 Å². The van der Waals surface area contributed by atoms with Crippen molar-refractivity contribution in [3.05, 3.63) is 0 Å². The lowest BCUT2D eigenvalue weighted by Gasteiger charge is -2.19. The van der Waals surface area contributed by atoms with Crippen LogP contribution in [0.1, 0.15) is 34.1 Å². The van der Waals surface area contributed by atoms with Crippen molar-refractivity contribution < 1.29 is 13.2 Å². The van der Waals surface area contributed by atoms with Gasteiger partial charge in [-0.2, -0.15) is 0 Å². The molecule has 20 heavy (non-hydrogen) atoms. The third-order valence-corrected chi connectivity index (χ3v) is 5.32. The summed E-state index contributed by atoms with van der Waals surface area (Å²) in [5.74, 6) is 0.742. The summed E-state index contributed by atoms with van der Waals surface area (Å²) in [6.07, 6.45) is 0.841. The highest BCUT2D eigenvalue weighted by Gasteiger charge is 2.28. The molecule has 0 amide bonds. The highest BCUT2D eigenvalue weighted by atomic mass is 32.2. The van der Waals surface area contributed by atoms with Crippen LogP contribution in [0.4, 0.5) is 0 Å². The van der Waals surface area contributed by atoms with Gasteiger partial charge in [0.05, 0.1) is 10.5 Å². The Labute approximate surface area is 123 Å². The molecule has 0 aromatic carbocycles. The molecule has 0 radical (unpaired) electrons. The van der Waals surface area contributed by atoms with Crippen molar-refractivity contribution in [2.75, 3.05) is 39.1 Å². The third-order valence-electron chi connectivity index (χ3n) is 2.72. The lowest BCUT2D eigenvalue weighted by atomic mass is 10.3. The zero-order chi connectivity index (χ0) is 15.6. The second kappa shape index (κ2) is 9.18. The van der Waals surface area contributed by atoms with Crippen LogP contribution < -0.4 is 10.6 Å². The van der Waals surface area contributed by atoms with Gasteiger partial charge in [0, 0.05) is 33.4 Å². The molecule has 0 bridgehead atoms. The summed E-state index contributed by atoms with van der Waals surface area (Å²) in [5, 5.41) is 6.13. The lowest BCUT2D eigenvalue weighted by molar-refractivity contribution is 0.197. The predicted octanol–water partition coefficient (Wildman–Crippen LogP) is 0.791. The Kier molecular flexibility index (Phi) is 8.80. The van der Waals surface area contributed by atoms with E-state index in [-0.39, 0.29) is 5.75 Å². The van der Waals surface area contributed by atoms with E-state index in [9.17, 15) is 8.42 Å². The number of aliphatic imine (C=N–C) groups is 1. The summed E-state index contributed by atoms with van der Waals surface area (Å²) < 4.78 is 28.2. The molecule has 0 saturated carbocycles. The predicted molar refractivity (Wildman–Crippen MR) is 84.0 cm³/mol. The molecule has 6 nitrogen and oxygen atoms in total. The lowest BCUT2D eigenvalue weighted by Crippen LogP contribution is -2.41. The number of ether oxygens (including phenoxy) is 1. The number of hydrogen-bond acceptors (Lipinski definition) is 4. The van der Waals surface area contributed by atoms with Crippen molar-refractivity contribution in [1.29, 1.82) is 0 Å². The first-order valence-electron chi connectivity index (χ1n) is 6.98. The molecule has 0 aliphatic carbocycles. The second-order valence-electron chi connectivity index (χ2n) is 5.47. The quantitative estimate of drug-likeness (QED) is 0.394. The number of hydrogen-bond donors (Lipinski definition) is 2. The molecular weight excluding hydrogens is 278 g/mol. The zero-order valence-electron chi connectivity index (χ0n) is 13.3. The normalized spacial score (nSPS) is 13.3. The highest BCUT2D eigenvalue weighted by Crippen LogP contribution is 2.15. The minimum Gasteiger partial charge on any atom is -0.385 e. The first-order chi connectivity index (χ1) is 9.24. The Hall–Kier alpha value is -0.820. The first-order valence-corrected chi connectivity index (χ1v) is 8.63. The molecule has 0 saturated heterocycles. The van der Waals surface area contributed by atoms with Gasteiger partial charge in [0.25, 0.3) is 0 Å². The smallest absolute Gasteiger partial charge is 0.191 e. The number of methoxy groups -OCH3 is 1. The molecule has 0 aromatic rings. The average Bonchev–Trinajstić information content (AvgIpc) is 2.33. The van der Waals surface area contributed by atoms with Crippen LogP contribution in [0.5, 0.6) is 0 Å². The van der Waals surface area contributed by atoms with Gasteiger partial charge in [-0.05, 0) is 34.1 Å². The molecule has 120 valence electrons. The van der Waals surface area contributed by atoms with E-state index in [2.05, 4.69) is 15.6 Å². The minimum atomic E-state index is -3.10. The molecule has 0 heterocycles. The minimum absolute atomic E-state index is 0.0962. The van der Waals surface area contributed by atoms with Crippen LogP contribution in [0.25, 0.3) is 0 Å². The molecule has 2 N–H and O–H groups in total. The fraction of sp³-hybridized carbons (Fsp3) is 0.923. The molecule has 0 rings (SSSR count). The standard InChI is InChI=1S/C13H29N3O3S/c1-6-14-12(15-8-7-10-19-5)16-9-11-20(17,18)13(2,3)4/h6-11H2,1-5H3,(H2,14,15,16). The molecule has 7 heteroatoms. The summed E-state index contributed by atoms with van der Waals surface area (Å²) in [6.45, 7) is 9.53. The Morgan fingerprint density at radius 1 is 1.25 bits per heavy atom. The number of sulfone groups is 1. The summed E-state index contributed by atoms with van der Waals surface area (Å²) in [7, 11) is -1.45. The van der Waals surface area contributed by atoms with E-state index in [1.807, 2.05) is 6.92 Å². The number of nitrogens with zero attached hydrogens (tertiary/aromatic N) is 1. The number of guanidine groups is 1. The number of nitrogens with one attached hydrogen (secondary N) is 2. The van der Waals surface area contributed by atoms with Crippen molar-refractivity contribution in [2.24, 2.45) is 4.99 Å². The van der Waals surface area contributed by atoms with Crippen LogP contribution in [0.15, 0.2) is 4.99 Å². The average molecular weight is 307 g/mol. The maximum Gasteiger partial charge on any atom is 0.191 e. The van der Waals surface area contributed by atoms with Crippen LogP contribution in [0.2, 0.25) is 0 Å². The van der Waals surface area contributed by atoms with Crippen LogP contribution in [0.3, 0.4) is 0 Å². The fourth-order valence-electron chi connectivity index (χ4n) is 1.35. The summed E-state index contributed by atoms with van der Waals surface area (Å²) >= 11 is 0. The van der Waals surface area contributed by atoms with Gasteiger partial charge in [0.1, 0.15) is 0 Å². The van der Waals surface area contributed by atoms with Gasteiger partial charge in [-0.25, -0.2) is 8.42 Å². The summed E-state index contributed by atoms with van der Waals surface area (Å²) in [4.78, 5) is 4.35. The summed E-state index contributed by atoms with van der Waals surface area (Å²) in [6, 6.07) is 0. The molecular formula is C13H29N3O3S. The van der Waals surface area contributed by atoms with Gasteiger partial charge in [0.15, 0.2) is 15.8 Å². The van der Waals surface area contributed by atoms with E-state index in [1.54, 1.807) is 27.9 Å². The highest BCUT2D eigenvalue weighted by molar-refractivity contribution is 7.92. The molecule has 0 aromatic heterocycles. The van der Waals surface area contributed by atoms with Crippen molar-refractivity contribution in [2.45, 2.75) is 38.9 Å². The monoisotopic (exact) mass is 307 g/mol. The molecule has 0 aliphatic rings. The van der Waals surface area contributed by atoms with Gasteiger partial charge in [-0.3, -0.25) is 4.99 Å². The topological polar surface area (TPSA) is 79.8 Å². The second-order valence-corrected chi connectivity index (χ2v) is 8.33. The van der Waals surface area contributed by atoms with Crippen LogP contribution in [-0.4, -0.2) is 58.2 Å². The molecule has 0 atom stereocenters. The van der Waals surface area contributed by atoms with E-state index in [4.69, 9.17) is 4.74 Å². The van der Waals surface area contributed by atoms with Crippen LogP contribution in [0, 0.1) is 0 Å². The third kappa shape index (κ3) is 7.69. The Balaban J connectivity index is 4.28. The maximum absolute atomic E-state index is 12.0. The molecule has 0 unspecified atom stereocenters. The van der Waals surface area contributed by atoms with E-state index in [1.165, 1.54) is 0 Å². The zero-order valence-corrected chi connectivity index (χ0v) is 14.1. The first kappa shape index (κ1) is 19.2. The van der Waals surface area contributed by atoms with Gasteiger partial charge in [0.2, 0.25) is 0 Å². The van der Waals surface area contributed by atoms with E-state index in [0.29, 0.717) is 25.7 Å². The molecule has 0 spiro atoms. The van der Waals surface area contributed by atoms with Crippen molar-refractivity contribution >= 4 is 15.8 Å². The molecule has 0 fully saturated rings. The summed E-state index contributed by atoms with van der Waals surface area (Å²) in [5.41, 5.74) is 0. The van der Waals surface area contributed by atoms with E-state index < -0.39 is 14.6 Å². The van der Waals surface area contributed by atoms with Crippen molar-refractivity contribution in [1.82, 2.24) is 10.6 Å². The van der Waals surface area contributed by atoms with Gasteiger partial charge >= 0.3 is 0 Å². The van der Waals surface area contributed by atoms with E-state index >= 15 is 0 Å². The van der Waals surface area contributed by atoms with E-state index in [0.717, 1.165) is 13.0 Å². The van der Waals surface area contributed by atoms with Crippen molar-refractivity contribution in [3.8, 4) is 0 Å².